The van der Waals surface area contributed by atoms with Gasteiger partial charge in [0.15, 0.2) is 0 Å². The molecule has 0 aliphatic carbocycles. The molecule has 0 aliphatic heterocycles. The summed E-state index contributed by atoms with van der Waals surface area (Å²) >= 11 is 0. The molecule has 0 amide bonds. The number of hydrogen-bond donors (Lipinski definition) is 2. The summed E-state index contributed by atoms with van der Waals surface area (Å²) in [5.74, 6) is 0. The second-order valence-corrected chi connectivity index (χ2v) is 10.6. The van der Waals surface area contributed by atoms with Gasteiger partial charge in [0.05, 0.1) is 152 Å². The van der Waals surface area contributed by atoms with Crippen LogP contribution in [0, 0.1) is 0 Å². The van der Waals surface area contributed by atoms with Gasteiger partial charge >= 0.3 is 0 Å². The maximum atomic E-state index is 8.89. The van der Waals surface area contributed by atoms with Gasteiger partial charge < -0.3 is 71.8 Å². The van der Waals surface area contributed by atoms with Crippen LogP contribution in [0.4, 0.5) is 0 Å². The predicted molar refractivity (Wildman–Crippen MR) is 185 cm³/mol. The van der Waals surface area contributed by atoms with Crippen molar-refractivity contribution in [3.8, 4) is 0 Å². The molecule has 17 nitrogen and oxygen atoms in total. The summed E-state index contributed by atoms with van der Waals surface area (Å²) in [5, 5.41) is 17.7. The maximum Gasteiger partial charge on any atom is 0.146 e. The van der Waals surface area contributed by atoms with Crippen molar-refractivity contribution in [2.45, 2.75) is 6.42 Å². The third-order valence-electron chi connectivity index (χ3n) is 6.61. The lowest BCUT2D eigenvalue weighted by Crippen LogP contribution is -2.34. The fraction of sp³-hybridized carbons (Fsp3) is 1.00. The SMILES string of the molecule is COCCOCCOCCN(CCOCCOCCOC)CCOCCOCCOCOCCOCCN(CCOCCO)COCCCO. The Hall–Kier alpha value is -0.680. The fourth-order valence-electron chi connectivity index (χ4n) is 3.84. The highest BCUT2D eigenvalue weighted by Gasteiger charge is 2.07. The van der Waals surface area contributed by atoms with Crippen LogP contribution in [0.2, 0.25) is 0 Å². The molecule has 0 bridgehead atoms. The molecule has 0 aromatic carbocycles. The molecule has 2 N–H and O–H groups in total. The van der Waals surface area contributed by atoms with Crippen molar-refractivity contribution in [2.24, 2.45) is 0 Å². The topological polar surface area (TPSA) is 167 Å². The molecule has 0 atom stereocenters. The number of aliphatic hydroxyl groups excluding tert-OH is 2. The van der Waals surface area contributed by atoms with E-state index in [1.54, 1.807) is 14.2 Å². The Morgan fingerprint density at radius 2 is 0.660 bits per heavy atom. The van der Waals surface area contributed by atoms with Gasteiger partial charge in [-0.05, 0) is 6.42 Å². The molecule has 0 aromatic rings. The van der Waals surface area contributed by atoms with Crippen molar-refractivity contribution in [1.82, 2.24) is 9.80 Å². The van der Waals surface area contributed by atoms with Gasteiger partial charge in [-0.25, -0.2) is 0 Å². The fourth-order valence-corrected chi connectivity index (χ4v) is 3.84. The Morgan fingerprint density at radius 1 is 0.320 bits per heavy atom. The molecule has 0 heterocycles. The van der Waals surface area contributed by atoms with E-state index in [0.29, 0.717) is 165 Å². The van der Waals surface area contributed by atoms with Crippen LogP contribution in [0.25, 0.3) is 0 Å². The van der Waals surface area contributed by atoms with Crippen LogP contribution < -0.4 is 0 Å². The lowest BCUT2D eigenvalue weighted by atomic mass is 10.4. The van der Waals surface area contributed by atoms with Crippen LogP contribution in [-0.2, 0) is 61.6 Å². The smallest absolute Gasteiger partial charge is 0.146 e. The van der Waals surface area contributed by atoms with E-state index < -0.39 is 0 Å². The van der Waals surface area contributed by atoms with Gasteiger partial charge in [0, 0.05) is 53.6 Å². The van der Waals surface area contributed by atoms with Crippen molar-refractivity contribution in [3.63, 3.8) is 0 Å². The Balaban J connectivity index is 3.82. The van der Waals surface area contributed by atoms with Crippen molar-refractivity contribution in [3.05, 3.63) is 0 Å². The monoisotopic (exact) mass is 734 g/mol. The molecule has 17 heteroatoms. The van der Waals surface area contributed by atoms with E-state index in [2.05, 4.69) is 9.80 Å². The van der Waals surface area contributed by atoms with Crippen molar-refractivity contribution < 1.29 is 71.8 Å². The van der Waals surface area contributed by atoms with E-state index >= 15 is 0 Å². The molecule has 0 radical (unpaired) electrons. The normalized spacial score (nSPS) is 11.9. The van der Waals surface area contributed by atoms with E-state index in [1.807, 2.05) is 0 Å². The Kier molecular flexibility index (Phi) is 43.9. The van der Waals surface area contributed by atoms with Crippen LogP contribution in [0.5, 0.6) is 0 Å². The first-order valence-corrected chi connectivity index (χ1v) is 17.8. The highest BCUT2D eigenvalue weighted by Crippen LogP contribution is 1.95. The number of ether oxygens (including phenoxy) is 13. The second-order valence-electron chi connectivity index (χ2n) is 10.6. The Labute approximate surface area is 300 Å². The number of methoxy groups -OCH3 is 2. The van der Waals surface area contributed by atoms with Gasteiger partial charge in [-0.1, -0.05) is 0 Å². The molecule has 0 saturated heterocycles. The predicted octanol–water partition coefficient (Wildman–Crippen LogP) is -0.644. The molecule has 50 heavy (non-hydrogen) atoms. The number of aliphatic hydroxyl groups is 2. The van der Waals surface area contributed by atoms with Gasteiger partial charge in [0.2, 0.25) is 0 Å². The van der Waals surface area contributed by atoms with E-state index in [1.165, 1.54) is 0 Å². The molecule has 0 rings (SSSR count). The molecule has 0 aromatic heterocycles. The van der Waals surface area contributed by atoms with E-state index in [0.717, 1.165) is 19.6 Å². The minimum atomic E-state index is -0.000759. The zero-order valence-electron chi connectivity index (χ0n) is 31.0. The largest absolute Gasteiger partial charge is 0.396 e. The summed E-state index contributed by atoms with van der Waals surface area (Å²) in [6, 6.07) is 0. The molecule has 0 aliphatic rings. The quantitative estimate of drug-likeness (QED) is 0.0598. The van der Waals surface area contributed by atoms with Crippen molar-refractivity contribution >= 4 is 0 Å². The molecule has 0 unspecified atom stereocenters. The molecular weight excluding hydrogens is 664 g/mol. The van der Waals surface area contributed by atoms with Gasteiger partial charge in [-0.15, -0.1) is 0 Å². The number of rotatable bonds is 45. The van der Waals surface area contributed by atoms with Crippen LogP contribution in [0.15, 0.2) is 0 Å². The van der Waals surface area contributed by atoms with E-state index in [4.69, 9.17) is 71.8 Å². The summed E-state index contributed by atoms with van der Waals surface area (Å²) in [6.45, 7) is 15.1. The van der Waals surface area contributed by atoms with Crippen LogP contribution in [0.3, 0.4) is 0 Å². The van der Waals surface area contributed by atoms with Gasteiger partial charge in [-0.3, -0.25) is 9.80 Å². The summed E-state index contributed by atoms with van der Waals surface area (Å²) in [5.41, 5.74) is 0. The zero-order valence-corrected chi connectivity index (χ0v) is 31.0. The Bertz CT molecular complexity index is 588. The highest BCUT2D eigenvalue weighted by molar-refractivity contribution is 4.57. The summed E-state index contributed by atoms with van der Waals surface area (Å²) in [6.07, 6.45) is 0.599. The van der Waals surface area contributed by atoms with Gasteiger partial charge in [0.25, 0.3) is 0 Å². The molecule has 302 valence electrons. The van der Waals surface area contributed by atoms with Gasteiger partial charge in [-0.2, -0.15) is 0 Å². The first kappa shape index (κ1) is 49.3. The number of hydrogen-bond acceptors (Lipinski definition) is 17. The molecule has 0 spiro atoms. The van der Waals surface area contributed by atoms with Crippen LogP contribution in [0.1, 0.15) is 6.42 Å². The zero-order chi connectivity index (χ0) is 36.3. The third kappa shape index (κ3) is 40.1. The van der Waals surface area contributed by atoms with E-state index in [-0.39, 0.29) is 20.0 Å². The summed E-state index contributed by atoms with van der Waals surface area (Å²) in [7, 11) is 3.30. The van der Waals surface area contributed by atoms with Crippen LogP contribution in [-0.4, -0.2) is 232 Å². The molecular formula is C33H70N2O15. The average molecular weight is 735 g/mol. The lowest BCUT2D eigenvalue weighted by Gasteiger charge is -2.22. The minimum absolute atomic E-state index is 0.000759. The summed E-state index contributed by atoms with van der Waals surface area (Å²) in [4.78, 5) is 4.31. The molecule has 0 fully saturated rings. The third-order valence-corrected chi connectivity index (χ3v) is 6.61. The van der Waals surface area contributed by atoms with Crippen LogP contribution >= 0.6 is 0 Å². The second kappa shape index (κ2) is 44.5. The van der Waals surface area contributed by atoms with Crippen molar-refractivity contribution in [2.75, 3.05) is 212 Å². The Morgan fingerprint density at radius 3 is 1.04 bits per heavy atom. The summed E-state index contributed by atoms with van der Waals surface area (Å²) < 4.78 is 71.0. The van der Waals surface area contributed by atoms with Crippen molar-refractivity contribution in [1.29, 1.82) is 0 Å². The first-order chi connectivity index (χ1) is 24.8. The number of nitrogens with zero attached hydrogens (tertiary/aromatic N) is 2. The first-order valence-electron chi connectivity index (χ1n) is 17.8. The average Bonchev–Trinajstić information content (AvgIpc) is 3.13. The standard InChI is InChI=1S/C33H70N2O15/c1-38-18-20-45-25-22-41-12-4-34(5-13-42-23-26-46-21-19-39-2)6-14-43-24-27-47-29-31-50-33-49-30-28-44-16-8-35(7-15-40-17-10-37)32-48-11-3-9-36/h36-37H,3-33H2,1-2H3. The lowest BCUT2D eigenvalue weighted by molar-refractivity contribution is -0.0853. The van der Waals surface area contributed by atoms with E-state index in [9.17, 15) is 0 Å². The highest BCUT2D eigenvalue weighted by atomic mass is 16.7. The van der Waals surface area contributed by atoms with Gasteiger partial charge in [0.1, 0.15) is 6.79 Å². The molecule has 0 saturated carbocycles. The minimum Gasteiger partial charge on any atom is -0.396 e. The maximum absolute atomic E-state index is 8.89.